The number of nitrogens with one attached hydrogen (secondary N) is 1. The molecule has 0 aliphatic carbocycles. The second-order valence-corrected chi connectivity index (χ2v) is 7.24. The number of carbonyl (C=O) groups is 1. The van der Waals surface area contributed by atoms with Gasteiger partial charge in [0.2, 0.25) is 0 Å². The van der Waals surface area contributed by atoms with Crippen LogP contribution in [-0.4, -0.2) is 14.2 Å². The van der Waals surface area contributed by atoms with E-state index < -0.39 is 15.8 Å². The second-order valence-electron chi connectivity index (χ2n) is 4.31. The average Bonchev–Trinajstić information content (AvgIpc) is 2.42. The third kappa shape index (κ3) is 3.79. The van der Waals surface area contributed by atoms with Crippen molar-refractivity contribution in [1.82, 2.24) is 0 Å². The van der Waals surface area contributed by atoms with Crippen LogP contribution in [0.15, 0.2) is 47.4 Å². The number of ketones is 1. The number of rotatable bonds is 4. The zero-order valence-corrected chi connectivity index (χ0v) is 13.9. The maximum atomic E-state index is 13.7. The maximum absolute atomic E-state index is 13.7. The normalized spacial score (nSPS) is 11.2. The fraction of sp³-hybridized carbons (Fsp3) is 0.0714. The van der Waals surface area contributed by atoms with E-state index in [-0.39, 0.29) is 16.4 Å². The first-order valence-electron chi connectivity index (χ1n) is 5.88. The number of benzene rings is 2. The van der Waals surface area contributed by atoms with E-state index in [1.165, 1.54) is 43.3 Å². The van der Waals surface area contributed by atoms with E-state index in [9.17, 15) is 17.6 Å². The Hall–Kier alpha value is -1.48. The molecule has 0 saturated carbocycles. The standard InChI is InChI=1S/C14H11FINO3S/c1-9(18)10-2-5-12(6-3-10)21(19,20)17-14-7-4-11(16)8-13(14)15/h2-8,17H,1H3. The van der Waals surface area contributed by atoms with Gasteiger partial charge in [0.15, 0.2) is 5.78 Å². The minimum atomic E-state index is -3.89. The maximum Gasteiger partial charge on any atom is 0.261 e. The fourth-order valence-corrected chi connectivity index (χ4v) is 3.17. The lowest BCUT2D eigenvalue weighted by Gasteiger charge is -2.09. The van der Waals surface area contributed by atoms with Gasteiger partial charge in [0.1, 0.15) is 5.82 Å². The summed E-state index contributed by atoms with van der Waals surface area (Å²) in [6, 6.07) is 9.64. The Kier molecular flexibility index (Phi) is 4.62. The van der Waals surface area contributed by atoms with Crippen LogP contribution in [0.25, 0.3) is 0 Å². The van der Waals surface area contributed by atoms with E-state index >= 15 is 0 Å². The molecule has 0 aromatic heterocycles. The predicted octanol–water partition coefficient (Wildman–Crippen LogP) is 3.43. The number of hydrogen-bond donors (Lipinski definition) is 1. The summed E-state index contributed by atoms with van der Waals surface area (Å²) < 4.78 is 40.9. The number of hydrogen-bond acceptors (Lipinski definition) is 3. The van der Waals surface area contributed by atoms with Crippen molar-refractivity contribution in [1.29, 1.82) is 0 Å². The highest BCUT2D eigenvalue weighted by Gasteiger charge is 2.16. The van der Waals surface area contributed by atoms with Crippen LogP contribution in [0, 0.1) is 9.39 Å². The van der Waals surface area contributed by atoms with Crippen molar-refractivity contribution in [2.45, 2.75) is 11.8 Å². The molecule has 0 unspecified atom stereocenters. The largest absolute Gasteiger partial charge is 0.295 e. The highest BCUT2D eigenvalue weighted by molar-refractivity contribution is 14.1. The molecule has 0 saturated heterocycles. The first kappa shape index (κ1) is 15.9. The van der Waals surface area contributed by atoms with Gasteiger partial charge in [-0.3, -0.25) is 9.52 Å². The van der Waals surface area contributed by atoms with E-state index in [0.717, 1.165) is 0 Å². The Morgan fingerprint density at radius 2 is 1.76 bits per heavy atom. The van der Waals surface area contributed by atoms with Gasteiger partial charge >= 0.3 is 0 Å². The summed E-state index contributed by atoms with van der Waals surface area (Å²) in [4.78, 5) is 11.1. The third-order valence-corrected chi connectivity index (χ3v) is 4.80. The van der Waals surface area contributed by atoms with Crippen LogP contribution in [0.1, 0.15) is 17.3 Å². The molecule has 1 N–H and O–H groups in total. The molecule has 110 valence electrons. The van der Waals surface area contributed by atoms with Gasteiger partial charge in [-0.15, -0.1) is 0 Å². The van der Waals surface area contributed by atoms with E-state index in [1.54, 1.807) is 6.07 Å². The molecule has 0 aliphatic heterocycles. The molecule has 0 fully saturated rings. The number of sulfonamides is 1. The molecular formula is C14H11FINO3S. The highest BCUT2D eigenvalue weighted by Crippen LogP contribution is 2.21. The summed E-state index contributed by atoms with van der Waals surface area (Å²) in [6.07, 6.45) is 0. The summed E-state index contributed by atoms with van der Waals surface area (Å²) in [5, 5.41) is 0. The first-order valence-corrected chi connectivity index (χ1v) is 8.44. The van der Waals surface area contributed by atoms with E-state index in [2.05, 4.69) is 4.72 Å². The van der Waals surface area contributed by atoms with Crippen LogP contribution in [0.2, 0.25) is 0 Å². The topological polar surface area (TPSA) is 63.2 Å². The van der Waals surface area contributed by atoms with Crippen LogP contribution in [0.3, 0.4) is 0 Å². The molecule has 0 spiro atoms. The lowest BCUT2D eigenvalue weighted by Crippen LogP contribution is -2.14. The molecule has 4 nitrogen and oxygen atoms in total. The molecule has 21 heavy (non-hydrogen) atoms. The van der Waals surface area contributed by atoms with Crippen molar-refractivity contribution >= 4 is 44.1 Å². The number of carbonyl (C=O) groups excluding carboxylic acids is 1. The smallest absolute Gasteiger partial charge is 0.261 e. The molecular weight excluding hydrogens is 408 g/mol. The molecule has 0 amide bonds. The summed E-state index contributed by atoms with van der Waals surface area (Å²) in [6.45, 7) is 1.39. The second kappa shape index (κ2) is 6.10. The lowest BCUT2D eigenvalue weighted by molar-refractivity contribution is 0.101. The number of Topliss-reactive ketones (excluding diaryl/α,β-unsaturated/α-hetero) is 1. The van der Waals surface area contributed by atoms with Gasteiger partial charge in [-0.25, -0.2) is 12.8 Å². The monoisotopic (exact) mass is 419 g/mol. The van der Waals surface area contributed by atoms with Crippen molar-refractivity contribution in [2.24, 2.45) is 0 Å². The first-order chi connectivity index (χ1) is 9.79. The Morgan fingerprint density at radius 3 is 2.29 bits per heavy atom. The molecule has 0 aliphatic rings. The molecule has 7 heteroatoms. The van der Waals surface area contributed by atoms with E-state index in [1.807, 2.05) is 22.6 Å². The van der Waals surface area contributed by atoms with Crippen LogP contribution in [-0.2, 0) is 10.0 Å². The lowest BCUT2D eigenvalue weighted by atomic mass is 10.2. The Morgan fingerprint density at radius 1 is 1.14 bits per heavy atom. The molecule has 0 radical (unpaired) electrons. The molecule has 0 atom stereocenters. The zero-order valence-electron chi connectivity index (χ0n) is 10.9. The number of halogens is 2. The fourth-order valence-electron chi connectivity index (χ4n) is 1.64. The molecule has 0 heterocycles. The highest BCUT2D eigenvalue weighted by atomic mass is 127. The molecule has 0 bridgehead atoms. The summed E-state index contributed by atoms with van der Waals surface area (Å²) in [7, 11) is -3.89. The third-order valence-electron chi connectivity index (χ3n) is 2.75. The van der Waals surface area contributed by atoms with Gasteiger partial charge in [0, 0.05) is 9.13 Å². The van der Waals surface area contributed by atoms with Crippen molar-refractivity contribution in [3.8, 4) is 0 Å². The van der Waals surface area contributed by atoms with Crippen LogP contribution in [0.5, 0.6) is 0 Å². The van der Waals surface area contributed by atoms with Gasteiger partial charge in [-0.1, -0.05) is 12.1 Å². The Labute approximate surface area is 135 Å². The van der Waals surface area contributed by atoms with Crippen LogP contribution < -0.4 is 4.72 Å². The van der Waals surface area contributed by atoms with Crippen molar-refractivity contribution in [2.75, 3.05) is 4.72 Å². The van der Waals surface area contributed by atoms with Gasteiger partial charge in [-0.2, -0.15) is 0 Å². The van der Waals surface area contributed by atoms with E-state index in [0.29, 0.717) is 9.13 Å². The Bertz CT molecular complexity index is 788. The average molecular weight is 419 g/mol. The molecule has 2 aromatic rings. The van der Waals surface area contributed by atoms with Gasteiger partial charge in [0.25, 0.3) is 10.0 Å². The SMILES string of the molecule is CC(=O)c1ccc(S(=O)(=O)Nc2ccc(I)cc2F)cc1. The van der Waals surface area contributed by atoms with Crippen molar-refractivity contribution in [3.05, 3.63) is 57.4 Å². The van der Waals surface area contributed by atoms with Gasteiger partial charge in [-0.05, 0) is 59.8 Å². The predicted molar refractivity (Wildman–Crippen MR) is 86.4 cm³/mol. The van der Waals surface area contributed by atoms with Gasteiger partial charge < -0.3 is 0 Å². The quantitative estimate of drug-likeness (QED) is 0.610. The van der Waals surface area contributed by atoms with E-state index in [4.69, 9.17) is 0 Å². The number of anilines is 1. The minimum Gasteiger partial charge on any atom is -0.295 e. The summed E-state index contributed by atoms with van der Waals surface area (Å²) >= 11 is 1.93. The molecule has 2 aromatic carbocycles. The van der Waals surface area contributed by atoms with Crippen LogP contribution in [0.4, 0.5) is 10.1 Å². The van der Waals surface area contributed by atoms with Crippen molar-refractivity contribution < 1.29 is 17.6 Å². The summed E-state index contributed by atoms with van der Waals surface area (Å²) in [5.74, 6) is -0.804. The minimum absolute atomic E-state index is 0.0366. The zero-order chi connectivity index (χ0) is 15.6. The molecule has 2 rings (SSSR count). The summed E-state index contributed by atoms with van der Waals surface area (Å²) in [5.41, 5.74) is 0.292. The Balaban J connectivity index is 2.31. The van der Waals surface area contributed by atoms with Gasteiger partial charge in [0.05, 0.1) is 10.6 Å². The van der Waals surface area contributed by atoms with Crippen LogP contribution >= 0.6 is 22.6 Å². The van der Waals surface area contributed by atoms with Crippen molar-refractivity contribution in [3.63, 3.8) is 0 Å².